The van der Waals surface area contributed by atoms with Gasteiger partial charge in [-0.2, -0.15) is 5.10 Å². The van der Waals surface area contributed by atoms with Gasteiger partial charge in [0.05, 0.1) is 23.0 Å². The third kappa shape index (κ3) is 3.74. The Morgan fingerprint density at radius 3 is 2.72 bits per heavy atom. The normalized spacial score (nSPS) is 16.1. The molecule has 10 heteroatoms. The first-order valence-corrected chi connectivity index (χ1v) is 12.4. The van der Waals surface area contributed by atoms with Crippen molar-refractivity contribution >= 4 is 39.5 Å². The van der Waals surface area contributed by atoms with E-state index < -0.39 is 0 Å². The van der Waals surface area contributed by atoms with E-state index in [9.17, 15) is 4.79 Å². The molecule has 10 nitrogen and oxygen atoms in total. The standard InChI is InChI=1S/C26H25N9O/c36-26(15-4-5-15)30-18-10-16(12-27-14-18)17-11-19-21(33-34-23(19)29-13-17)25-31-22-20(6-7-28-24(22)32-25)35-8-2-1-3-9-35/h6-7,10-15H,1-5,8-9H2,(H,30,36)(H,28,31,32)(H,29,33,34). The number of nitrogens with zero attached hydrogens (tertiary/aromatic N) is 6. The summed E-state index contributed by atoms with van der Waals surface area (Å²) in [5.41, 5.74) is 6.50. The van der Waals surface area contributed by atoms with Crippen molar-refractivity contribution in [3.8, 4) is 22.6 Å². The molecule has 7 rings (SSSR count). The summed E-state index contributed by atoms with van der Waals surface area (Å²) in [6.07, 6.45) is 12.6. The van der Waals surface area contributed by atoms with Crippen LogP contribution in [0.15, 0.2) is 43.0 Å². The second-order valence-corrected chi connectivity index (χ2v) is 9.58. The molecule has 6 heterocycles. The fourth-order valence-electron chi connectivity index (χ4n) is 4.90. The number of carbonyl (C=O) groups excluding carboxylic acids is 1. The Hall–Kier alpha value is -4.34. The van der Waals surface area contributed by atoms with Gasteiger partial charge in [0.25, 0.3) is 0 Å². The van der Waals surface area contributed by atoms with Crippen molar-refractivity contribution in [2.24, 2.45) is 5.92 Å². The molecule has 5 aromatic rings. The maximum absolute atomic E-state index is 12.2. The zero-order valence-electron chi connectivity index (χ0n) is 19.7. The molecule has 0 radical (unpaired) electrons. The van der Waals surface area contributed by atoms with Gasteiger partial charge in [-0.15, -0.1) is 0 Å². The SMILES string of the molecule is O=C(Nc1cncc(-c2cnc3[nH]nc(-c4nc5c(N6CCCCC6)ccnc5[nH]4)c3c2)c1)C1CC1. The summed E-state index contributed by atoms with van der Waals surface area (Å²) < 4.78 is 0. The number of carbonyl (C=O) groups is 1. The van der Waals surface area contributed by atoms with Crippen LogP contribution in [-0.4, -0.2) is 54.1 Å². The summed E-state index contributed by atoms with van der Waals surface area (Å²) in [6.45, 7) is 2.07. The van der Waals surface area contributed by atoms with E-state index in [4.69, 9.17) is 4.98 Å². The number of aromatic amines is 2. The Morgan fingerprint density at radius 2 is 1.86 bits per heavy atom. The molecule has 1 saturated carbocycles. The summed E-state index contributed by atoms with van der Waals surface area (Å²) in [5, 5.41) is 11.4. The Bertz CT molecular complexity index is 1590. The highest BCUT2D eigenvalue weighted by Gasteiger charge is 2.29. The minimum absolute atomic E-state index is 0.0575. The number of fused-ring (bicyclic) bond motifs is 2. The summed E-state index contributed by atoms with van der Waals surface area (Å²) in [6, 6.07) is 5.99. The highest BCUT2D eigenvalue weighted by atomic mass is 16.2. The van der Waals surface area contributed by atoms with Crippen LogP contribution >= 0.6 is 0 Å². The number of aromatic nitrogens is 7. The van der Waals surface area contributed by atoms with Gasteiger partial charge in [-0.05, 0) is 50.3 Å². The van der Waals surface area contributed by atoms with Crippen molar-refractivity contribution in [3.05, 3.63) is 43.0 Å². The first-order valence-electron chi connectivity index (χ1n) is 12.4. The lowest BCUT2D eigenvalue weighted by molar-refractivity contribution is -0.117. The molecule has 1 aliphatic heterocycles. The number of hydrogen-bond acceptors (Lipinski definition) is 7. The van der Waals surface area contributed by atoms with Crippen LogP contribution in [-0.2, 0) is 4.79 Å². The number of anilines is 2. The maximum atomic E-state index is 12.2. The molecule has 0 unspecified atom stereocenters. The summed E-state index contributed by atoms with van der Waals surface area (Å²) in [5.74, 6) is 0.840. The monoisotopic (exact) mass is 479 g/mol. The predicted octanol–water partition coefficient (Wildman–Crippen LogP) is 4.30. The molecular formula is C26H25N9O. The topological polar surface area (TPSA) is 128 Å². The third-order valence-electron chi connectivity index (χ3n) is 6.99. The van der Waals surface area contributed by atoms with Crippen LogP contribution in [0.2, 0.25) is 0 Å². The Kier molecular flexibility index (Phi) is 4.90. The molecule has 5 aromatic heterocycles. The van der Waals surface area contributed by atoms with Crippen LogP contribution in [0.4, 0.5) is 11.4 Å². The lowest BCUT2D eigenvalue weighted by atomic mass is 10.1. The summed E-state index contributed by atoms with van der Waals surface area (Å²) in [4.78, 5) is 36.3. The van der Waals surface area contributed by atoms with E-state index in [0.717, 1.165) is 59.3 Å². The fourth-order valence-corrected chi connectivity index (χ4v) is 4.90. The first-order chi connectivity index (χ1) is 17.7. The Balaban J connectivity index is 1.25. The van der Waals surface area contributed by atoms with Gasteiger partial charge in [0.1, 0.15) is 11.2 Å². The molecule has 1 saturated heterocycles. The fraction of sp³-hybridized carbons (Fsp3) is 0.308. The van der Waals surface area contributed by atoms with E-state index in [-0.39, 0.29) is 11.8 Å². The van der Waals surface area contributed by atoms with E-state index in [2.05, 4.69) is 40.3 Å². The van der Waals surface area contributed by atoms with Crippen molar-refractivity contribution < 1.29 is 4.79 Å². The lowest BCUT2D eigenvalue weighted by Gasteiger charge is -2.28. The number of pyridine rings is 3. The summed E-state index contributed by atoms with van der Waals surface area (Å²) >= 11 is 0. The van der Waals surface area contributed by atoms with Crippen LogP contribution in [0, 0.1) is 5.92 Å². The maximum Gasteiger partial charge on any atom is 0.227 e. The molecule has 3 N–H and O–H groups in total. The van der Waals surface area contributed by atoms with Gasteiger partial charge in [-0.25, -0.2) is 15.0 Å². The largest absolute Gasteiger partial charge is 0.370 e. The number of piperidine rings is 1. The molecule has 0 spiro atoms. The van der Waals surface area contributed by atoms with Crippen molar-refractivity contribution in [3.63, 3.8) is 0 Å². The van der Waals surface area contributed by atoms with E-state index >= 15 is 0 Å². The highest BCUT2D eigenvalue weighted by molar-refractivity contribution is 5.96. The molecule has 0 aromatic carbocycles. The van der Waals surface area contributed by atoms with E-state index in [1.54, 1.807) is 18.6 Å². The van der Waals surface area contributed by atoms with Crippen LogP contribution in [0.1, 0.15) is 32.1 Å². The smallest absolute Gasteiger partial charge is 0.227 e. The second kappa shape index (κ2) is 8.40. The molecule has 36 heavy (non-hydrogen) atoms. The molecule has 0 atom stereocenters. The Labute approximate surface area is 206 Å². The average molecular weight is 480 g/mol. The van der Waals surface area contributed by atoms with Gasteiger partial charge in [-0.3, -0.25) is 14.9 Å². The summed E-state index contributed by atoms with van der Waals surface area (Å²) in [7, 11) is 0. The predicted molar refractivity (Wildman–Crippen MR) is 137 cm³/mol. The number of H-pyrrole nitrogens is 2. The van der Waals surface area contributed by atoms with Gasteiger partial charge >= 0.3 is 0 Å². The molecule has 180 valence electrons. The highest BCUT2D eigenvalue weighted by Crippen LogP contribution is 2.33. The van der Waals surface area contributed by atoms with Gasteiger partial charge < -0.3 is 15.2 Å². The van der Waals surface area contributed by atoms with Gasteiger partial charge in [0.2, 0.25) is 5.91 Å². The number of rotatable bonds is 5. The lowest BCUT2D eigenvalue weighted by Crippen LogP contribution is -2.29. The minimum Gasteiger partial charge on any atom is -0.370 e. The molecule has 2 fully saturated rings. The zero-order chi connectivity index (χ0) is 24.1. The number of nitrogens with one attached hydrogen (secondary N) is 3. The number of imidazole rings is 1. The Morgan fingerprint density at radius 1 is 1.00 bits per heavy atom. The van der Waals surface area contributed by atoms with Crippen molar-refractivity contribution in [1.29, 1.82) is 0 Å². The van der Waals surface area contributed by atoms with Gasteiger partial charge in [-0.1, -0.05) is 0 Å². The van der Waals surface area contributed by atoms with E-state index in [0.29, 0.717) is 22.9 Å². The molecule has 1 amide bonds. The molecular weight excluding hydrogens is 454 g/mol. The van der Waals surface area contributed by atoms with Crippen molar-refractivity contribution in [2.45, 2.75) is 32.1 Å². The van der Waals surface area contributed by atoms with E-state index in [1.165, 1.54) is 19.3 Å². The molecule has 2 aliphatic rings. The van der Waals surface area contributed by atoms with Crippen molar-refractivity contribution in [2.75, 3.05) is 23.3 Å². The van der Waals surface area contributed by atoms with E-state index in [1.807, 2.05) is 24.4 Å². The van der Waals surface area contributed by atoms with Gasteiger partial charge in [0.15, 0.2) is 17.1 Å². The first kappa shape index (κ1) is 21.0. The zero-order valence-corrected chi connectivity index (χ0v) is 19.7. The van der Waals surface area contributed by atoms with Crippen LogP contribution < -0.4 is 10.2 Å². The number of hydrogen-bond donors (Lipinski definition) is 3. The third-order valence-corrected chi connectivity index (χ3v) is 6.99. The second-order valence-electron chi connectivity index (χ2n) is 9.58. The van der Waals surface area contributed by atoms with Crippen LogP contribution in [0.25, 0.3) is 44.8 Å². The average Bonchev–Trinajstić information content (AvgIpc) is 3.55. The van der Waals surface area contributed by atoms with Crippen LogP contribution in [0.5, 0.6) is 0 Å². The van der Waals surface area contributed by atoms with Gasteiger partial charge in [0, 0.05) is 48.7 Å². The quantitative estimate of drug-likeness (QED) is 0.343. The molecule has 1 aliphatic carbocycles. The molecule has 0 bridgehead atoms. The minimum atomic E-state index is 0.0575. The van der Waals surface area contributed by atoms with Crippen LogP contribution in [0.3, 0.4) is 0 Å². The van der Waals surface area contributed by atoms with Crippen molar-refractivity contribution in [1.82, 2.24) is 35.1 Å². The number of amides is 1.